The molecule has 5 fully saturated rings. The van der Waals surface area contributed by atoms with Crippen molar-refractivity contribution in [1.82, 2.24) is 9.80 Å². The first-order valence-corrected chi connectivity index (χ1v) is 11.4. The Bertz CT molecular complexity index is 767. The Morgan fingerprint density at radius 1 is 1.04 bits per heavy atom. The lowest BCUT2D eigenvalue weighted by Crippen LogP contribution is -2.62. The van der Waals surface area contributed by atoms with Crippen LogP contribution in [0.2, 0.25) is 5.02 Å². The van der Waals surface area contributed by atoms with Crippen LogP contribution in [0.3, 0.4) is 0 Å². The van der Waals surface area contributed by atoms with Gasteiger partial charge in [-0.25, -0.2) is 0 Å². The van der Waals surface area contributed by atoms with Gasteiger partial charge in [0.1, 0.15) is 0 Å². The molecule has 28 heavy (non-hydrogen) atoms. The molecule has 1 heterocycles. The quantitative estimate of drug-likeness (QED) is 0.714. The van der Waals surface area contributed by atoms with Gasteiger partial charge in [0.2, 0.25) is 5.91 Å². The number of carbonyl (C=O) groups is 1. The van der Waals surface area contributed by atoms with Gasteiger partial charge in [-0.1, -0.05) is 37.6 Å². The van der Waals surface area contributed by atoms with Crippen LogP contribution in [0.4, 0.5) is 0 Å². The Hall–Kier alpha value is -1.06. The average molecular weight is 401 g/mol. The summed E-state index contributed by atoms with van der Waals surface area (Å²) in [6.07, 6.45) is 7.45. The molecule has 0 aromatic heterocycles. The van der Waals surface area contributed by atoms with Gasteiger partial charge < -0.3 is 4.90 Å². The number of halogens is 1. The van der Waals surface area contributed by atoms with E-state index in [1.807, 2.05) is 12.1 Å². The first-order valence-electron chi connectivity index (χ1n) is 11.0. The van der Waals surface area contributed by atoms with Crippen molar-refractivity contribution in [3.8, 4) is 0 Å². The molecular weight excluding hydrogens is 368 g/mol. The molecule has 4 bridgehead atoms. The van der Waals surface area contributed by atoms with E-state index >= 15 is 0 Å². The first kappa shape index (κ1) is 18.9. The van der Waals surface area contributed by atoms with Gasteiger partial charge >= 0.3 is 0 Å². The lowest BCUT2D eigenvalue weighted by molar-refractivity contribution is -0.180. The van der Waals surface area contributed by atoms with Gasteiger partial charge in [0, 0.05) is 37.7 Å². The van der Waals surface area contributed by atoms with Crippen molar-refractivity contribution in [3.05, 3.63) is 34.9 Å². The van der Waals surface area contributed by atoms with Crippen LogP contribution in [0, 0.1) is 22.2 Å². The SMILES string of the molecule is C[C@]12CC3CC(C(=O)N4CCN(Cc5cccc(Cl)c5)CC4)(C1)C[C@@](C)(C3)C2. The summed E-state index contributed by atoms with van der Waals surface area (Å²) in [6.45, 7) is 9.52. The summed E-state index contributed by atoms with van der Waals surface area (Å²) in [6, 6.07) is 8.13. The van der Waals surface area contributed by atoms with Crippen molar-refractivity contribution in [1.29, 1.82) is 0 Å². The standard InChI is InChI=1S/C24H33ClN2O/c1-22-11-19-12-23(2,15-22)17-24(13-19,16-22)21(28)27-8-6-26(7-9-27)14-18-4-3-5-20(25)10-18/h3-5,10,19H,6-9,11-17H2,1-2H3/t19?,22-,23+,24?. The van der Waals surface area contributed by atoms with E-state index in [0.29, 0.717) is 16.7 Å². The van der Waals surface area contributed by atoms with Crippen LogP contribution in [0.1, 0.15) is 57.9 Å². The molecule has 152 valence electrons. The molecule has 3 nitrogen and oxygen atoms in total. The van der Waals surface area contributed by atoms with Crippen molar-refractivity contribution in [3.63, 3.8) is 0 Å². The highest BCUT2D eigenvalue weighted by Crippen LogP contribution is 2.69. The summed E-state index contributed by atoms with van der Waals surface area (Å²) in [5, 5.41) is 0.801. The third-order valence-corrected chi connectivity index (χ3v) is 8.27. The summed E-state index contributed by atoms with van der Waals surface area (Å²) in [5.74, 6) is 1.26. The number of rotatable bonds is 3. The normalized spacial score (nSPS) is 40.1. The van der Waals surface area contributed by atoms with Crippen LogP contribution >= 0.6 is 11.6 Å². The Balaban J connectivity index is 1.25. The van der Waals surface area contributed by atoms with Crippen LogP contribution < -0.4 is 0 Å². The Kier molecular flexibility index (Phi) is 4.38. The fourth-order valence-corrected chi connectivity index (χ4v) is 8.24. The van der Waals surface area contributed by atoms with Crippen LogP contribution in [0.5, 0.6) is 0 Å². The minimum Gasteiger partial charge on any atom is -0.340 e. The molecule has 0 spiro atoms. The van der Waals surface area contributed by atoms with E-state index in [2.05, 4.69) is 35.8 Å². The lowest BCUT2D eigenvalue weighted by Gasteiger charge is -2.65. The van der Waals surface area contributed by atoms with E-state index in [0.717, 1.165) is 62.9 Å². The first-order chi connectivity index (χ1) is 13.3. The van der Waals surface area contributed by atoms with Gasteiger partial charge in [0.25, 0.3) is 0 Å². The third-order valence-electron chi connectivity index (χ3n) is 8.03. The summed E-state index contributed by atoms with van der Waals surface area (Å²) in [4.78, 5) is 18.4. The smallest absolute Gasteiger partial charge is 0.228 e. The van der Waals surface area contributed by atoms with Crippen LogP contribution in [0.15, 0.2) is 24.3 Å². The fourth-order valence-electron chi connectivity index (χ4n) is 8.02. The molecule has 4 saturated carbocycles. The van der Waals surface area contributed by atoms with Gasteiger partial charge in [0.15, 0.2) is 0 Å². The van der Waals surface area contributed by atoms with Crippen molar-refractivity contribution >= 4 is 17.5 Å². The molecule has 1 aromatic carbocycles. The number of hydrogen-bond acceptors (Lipinski definition) is 2. The predicted molar refractivity (Wildman–Crippen MR) is 113 cm³/mol. The topological polar surface area (TPSA) is 23.6 Å². The largest absolute Gasteiger partial charge is 0.340 e. The van der Waals surface area contributed by atoms with Gasteiger partial charge in [-0.2, -0.15) is 0 Å². The maximum atomic E-state index is 13.7. The molecule has 5 aliphatic rings. The zero-order valence-electron chi connectivity index (χ0n) is 17.3. The molecule has 2 unspecified atom stereocenters. The molecule has 1 aromatic rings. The Labute approximate surface area is 174 Å². The van der Waals surface area contributed by atoms with E-state index in [1.54, 1.807) is 0 Å². The Morgan fingerprint density at radius 2 is 1.71 bits per heavy atom. The monoisotopic (exact) mass is 400 g/mol. The molecule has 4 heteroatoms. The molecule has 1 aliphatic heterocycles. The van der Waals surface area contributed by atoms with E-state index < -0.39 is 0 Å². The van der Waals surface area contributed by atoms with E-state index in [1.165, 1.54) is 24.8 Å². The van der Waals surface area contributed by atoms with Crippen LogP contribution in [-0.4, -0.2) is 41.9 Å². The number of piperazine rings is 1. The number of nitrogens with zero attached hydrogens (tertiary/aromatic N) is 2. The Morgan fingerprint density at radius 3 is 2.32 bits per heavy atom. The van der Waals surface area contributed by atoms with Crippen molar-refractivity contribution in [2.45, 2.75) is 58.9 Å². The average Bonchev–Trinajstić information content (AvgIpc) is 2.59. The second-order valence-electron chi connectivity index (χ2n) is 11.1. The molecule has 6 rings (SSSR count). The zero-order chi connectivity index (χ0) is 19.6. The number of carbonyl (C=O) groups excluding carboxylic acids is 1. The highest BCUT2D eigenvalue weighted by molar-refractivity contribution is 6.30. The summed E-state index contributed by atoms with van der Waals surface area (Å²) >= 11 is 6.13. The van der Waals surface area contributed by atoms with Crippen LogP contribution in [-0.2, 0) is 11.3 Å². The minimum absolute atomic E-state index is 0.0575. The highest BCUT2D eigenvalue weighted by Gasteiger charge is 2.63. The molecule has 0 radical (unpaired) electrons. The zero-order valence-corrected chi connectivity index (χ0v) is 18.1. The van der Waals surface area contributed by atoms with Gasteiger partial charge in [0.05, 0.1) is 5.41 Å². The maximum Gasteiger partial charge on any atom is 0.228 e. The van der Waals surface area contributed by atoms with Gasteiger partial charge in [-0.05, 0) is 73.0 Å². The lowest BCUT2D eigenvalue weighted by atomic mass is 9.40. The molecule has 4 atom stereocenters. The molecular formula is C24H33ClN2O. The second kappa shape index (κ2) is 6.47. The fraction of sp³-hybridized carbons (Fsp3) is 0.708. The van der Waals surface area contributed by atoms with Crippen LogP contribution in [0.25, 0.3) is 0 Å². The van der Waals surface area contributed by atoms with E-state index in [4.69, 9.17) is 11.6 Å². The predicted octanol–water partition coefficient (Wildman–Crippen LogP) is 4.98. The summed E-state index contributed by atoms with van der Waals surface area (Å²) in [5.41, 5.74) is 2.00. The van der Waals surface area contributed by atoms with E-state index in [9.17, 15) is 4.79 Å². The molecule has 1 saturated heterocycles. The van der Waals surface area contributed by atoms with Crippen molar-refractivity contribution in [2.24, 2.45) is 22.2 Å². The third kappa shape index (κ3) is 3.29. The second-order valence-corrected chi connectivity index (χ2v) is 11.5. The summed E-state index contributed by atoms with van der Waals surface area (Å²) < 4.78 is 0. The summed E-state index contributed by atoms with van der Waals surface area (Å²) in [7, 11) is 0. The maximum absolute atomic E-state index is 13.7. The van der Waals surface area contributed by atoms with Gasteiger partial charge in [-0.15, -0.1) is 0 Å². The molecule has 1 amide bonds. The van der Waals surface area contributed by atoms with Crippen molar-refractivity contribution < 1.29 is 4.79 Å². The minimum atomic E-state index is -0.0575. The number of benzene rings is 1. The molecule has 4 aliphatic carbocycles. The number of hydrogen-bond donors (Lipinski definition) is 0. The molecule has 0 N–H and O–H groups in total. The van der Waals surface area contributed by atoms with Crippen molar-refractivity contribution in [2.75, 3.05) is 26.2 Å². The highest BCUT2D eigenvalue weighted by atomic mass is 35.5. The van der Waals surface area contributed by atoms with E-state index in [-0.39, 0.29) is 5.41 Å². The number of amides is 1. The van der Waals surface area contributed by atoms with Gasteiger partial charge in [-0.3, -0.25) is 9.69 Å².